The van der Waals surface area contributed by atoms with Crippen molar-refractivity contribution < 1.29 is 9.34 Å². The first-order valence-corrected chi connectivity index (χ1v) is 7.52. The van der Waals surface area contributed by atoms with Gasteiger partial charge in [0.05, 0.1) is 11.0 Å². The number of nitro groups is 1. The van der Waals surface area contributed by atoms with Crippen LogP contribution < -0.4 is 5.32 Å². The number of benzene rings is 1. The quantitative estimate of drug-likeness (QED) is 0.691. The summed E-state index contributed by atoms with van der Waals surface area (Å²) < 4.78 is 5.64. The molecule has 3 fully saturated rings. The topological polar surface area (TPSA) is 81.2 Å². The predicted molar refractivity (Wildman–Crippen MR) is 75.9 cm³/mol. The molecule has 0 saturated heterocycles. The van der Waals surface area contributed by atoms with Crippen LogP contribution >= 0.6 is 0 Å². The smallest absolute Gasteiger partial charge is 0.295 e. The molecule has 0 radical (unpaired) electrons. The molecule has 4 atom stereocenters. The van der Waals surface area contributed by atoms with Crippen LogP contribution in [0, 0.1) is 33.8 Å². The molecule has 3 saturated carbocycles. The Morgan fingerprint density at radius 1 is 1.29 bits per heavy atom. The largest absolute Gasteiger partial charge is 0.423 e. The normalized spacial score (nSPS) is 35.9. The van der Waals surface area contributed by atoms with Gasteiger partial charge in [0.25, 0.3) is 11.7 Å². The number of oxazole rings is 1. The maximum Gasteiger partial charge on any atom is 0.295 e. The Kier molecular flexibility index (Phi) is 2.06. The minimum atomic E-state index is -0.419. The lowest BCUT2D eigenvalue weighted by Gasteiger charge is -2.08. The van der Waals surface area contributed by atoms with Gasteiger partial charge in [-0.05, 0) is 49.0 Å². The summed E-state index contributed by atoms with van der Waals surface area (Å²) >= 11 is 0. The molecule has 3 aliphatic rings. The fraction of sp³-hybridized carbons (Fsp3) is 0.533. The van der Waals surface area contributed by atoms with Crippen molar-refractivity contribution in [1.29, 1.82) is 0 Å². The molecule has 2 aromatic rings. The SMILES string of the molecule is O=[N+]([O-])c1ccc2nc(NC3C4C5CCC(C5)C34)oc2c1. The second-order valence-corrected chi connectivity index (χ2v) is 6.59. The van der Waals surface area contributed by atoms with Crippen molar-refractivity contribution in [3.63, 3.8) is 0 Å². The van der Waals surface area contributed by atoms with Crippen LogP contribution in [0.5, 0.6) is 0 Å². The van der Waals surface area contributed by atoms with Crippen LogP contribution in [0.15, 0.2) is 22.6 Å². The summed E-state index contributed by atoms with van der Waals surface area (Å²) in [6.07, 6.45) is 4.17. The molecule has 108 valence electrons. The van der Waals surface area contributed by atoms with Crippen molar-refractivity contribution in [2.75, 3.05) is 5.32 Å². The molecule has 1 N–H and O–H groups in total. The van der Waals surface area contributed by atoms with E-state index >= 15 is 0 Å². The molecule has 3 aliphatic carbocycles. The van der Waals surface area contributed by atoms with Gasteiger partial charge in [0, 0.05) is 12.1 Å². The second-order valence-electron chi connectivity index (χ2n) is 6.59. The molecule has 6 heteroatoms. The van der Waals surface area contributed by atoms with Gasteiger partial charge in [0.2, 0.25) is 0 Å². The summed E-state index contributed by atoms with van der Waals surface area (Å²) in [4.78, 5) is 14.8. The molecule has 1 heterocycles. The van der Waals surface area contributed by atoms with Crippen molar-refractivity contribution in [3.05, 3.63) is 28.3 Å². The Morgan fingerprint density at radius 3 is 2.76 bits per heavy atom. The van der Waals surface area contributed by atoms with Gasteiger partial charge >= 0.3 is 0 Å². The number of hydrogen-bond acceptors (Lipinski definition) is 5. The fourth-order valence-electron chi connectivity index (χ4n) is 4.75. The molecule has 6 nitrogen and oxygen atoms in total. The van der Waals surface area contributed by atoms with E-state index in [-0.39, 0.29) is 5.69 Å². The average molecular weight is 285 g/mol. The Labute approximate surface area is 120 Å². The maximum atomic E-state index is 10.8. The number of nitro benzene ring substituents is 1. The zero-order valence-electron chi connectivity index (χ0n) is 11.4. The number of anilines is 1. The first-order valence-electron chi connectivity index (χ1n) is 7.52. The van der Waals surface area contributed by atoms with Gasteiger partial charge < -0.3 is 9.73 Å². The molecule has 21 heavy (non-hydrogen) atoms. The molecule has 5 rings (SSSR count). The number of rotatable bonds is 3. The van der Waals surface area contributed by atoms with Crippen molar-refractivity contribution in [3.8, 4) is 0 Å². The summed E-state index contributed by atoms with van der Waals surface area (Å²) in [6, 6.07) is 5.54. The number of nitrogens with zero attached hydrogens (tertiary/aromatic N) is 2. The average Bonchev–Trinajstić information content (AvgIpc) is 2.86. The summed E-state index contributed by atoms with van der Waals surface area (Å²) in [5.74, 6) is 3.38. The van der Waals surface area contributed by atoms with Gasteiger partial charge in [-0.15, -0.1) is 0 Å². The van der Waals surface area contributed by atoms with Gasteiger partial charge in [0.15, 0.2) is 5.58 Å². The van der Waals surface area contributed by atoms with E-state index in [4.69, 9.17) is 4.42 Å². The number of aromatic nitrogens is 1. The van der Waals surface area contributed by atoms with Crippen LogP contribution in [0.3, 0.4) is 0 Å². The third kappa shape index (κ3) is 1.56. The van der Waals surface area contributed by atoms with E-state index in [0.717, 1.165) is 23.7 Å². The Balaban J connectivity index is 1.40. The number of nitrogens with one attached hydrogen (secondary N) is 1. The molecule has 1 aromatic heterocycles. The lowest BCUT2D eigenvalue weighted by Crippen LogP contribution is -2.12. The van der Waals surface area contributed by atoms with E-state index in [1.165, 1.54) is 31.4 Å². The minimum absolute atomic E-state index is 0.0338. The summed E-state index contributed by atoms with van der Waals surface area (Å²) in [7, 11) is 0. The molecule has 0 aliphatic heterocycles. The number of non-ortho nitro benzene ring substituents is 1. The number of hydrogen-bond donors (Lipinski definition) is 1. The summed E-state index contributed by atoms with van der Waals surface area (Å²) in [5.41, 5.74) is 1.17. The van der Waals surface area contributed by atoms with E-state index in [9.17, 15) is 10.1 Å². The van der Waals surface area contributed by atoms with Crippen molar-refractivity contribution in [2.24, 2.45) is 23.7 Å². The van der Waals surface area contributed by atoms with Gasteiger partial charge in [0.1, 0.15) is 5.52 Å². The van der Waals surface area contributed by atoms with Gasteiger partial charge in [-0.2, -0.15) is 4.98 Å². The molecule has 0 spiro atoms. The van der Waals surface area contributed by atoms with Crippen molar-refractivity contribution >= 4 is 22.8 Å². The molecular weight excluding hydrogens is 270 g/mol. The Bertz CT molecular complexity index is 740. The molecule has 1 aromatic carbocycles. The van der Waals surface area contributed by atoms with E-state index < -0.39 is 4.92 Å². The van der Waals surface area contributed by atoms with Crippen LogP contribution in [-0.4, -0.2) is 15.9 Å². The highest BCUT2D eigenvalue weighted by atomic mass is 16.6. The number of fused-ring (bicyclic) bond motifs is 6. The maximum absolute atomic E-state index is 10.8. The monoisotopic (exact) mass is 285 g/mol. The van der Waals surface area contributed by atoms with E-state index in [0.29, 0.717) is 23.2 Å². The van der Waals surface area contributed by atoms with E-state index in [1.54, 1.807) is 6.07 Å². The predicted octanol–water partition coefficient (Wildman–Crippen LogP) is 3.19. The highest BCUT2D eigenvalue weighted by Crippen LogP contribution is 2.66. The van der Waals surface area contributed by atoms with Crippen molar-refractivity contribution in [1.82, 2.24) is 4.98 Å². The van der Waals surface area contributed by atoms with Gasteiger partial charge in [-0.25, -0.2) is 0 Å². The zero-order chi connectivity index (χ0) is 14.1. The first-order chi connectivity index (χ1) is 10.2. The highest BCUT2D eigenvalue weighted by Gasteiger charge is 2.65. The standard InChI is InChI=1S/C15H15N3O3/c19-18(20)9-3-4-10-11(6-9)21-15(16-10)17-14-12-7-1-2-8(5-7)13(12)14/h3-4,6-8,12-14H,1-2,5H2,(H,16,17). The van der Waals surface area contributed by atoms with Crippen LogP contribution in [0.25, 0.3) is 11.1 Å². The zero-order valence-corrected chi connectivity index (χ0v) is 11.4. The second kappa shape index (κ2) is 3.75. The lowest BCUT2D eigenvalue weighted by molar-refractivity contribution is -0.384. The van der Waals surface area contributed by atoms with Gasteiger partial charge in [-0.1, -0.05) is 0 Å². The summed E-state index contributed by atoms with van der Waals surface area (Å²) in [6.45, 7) is 0. The molecule has 2 bridgehead atoms. The van der Waals surface area contributed by atoms with Crippen LogP contribution in [0.2, 0.25) is 0 Å². The van der Waals surface area contributed by atoms with E-state index in [2.05, 4.69) is 10.3 Å². The molecule has 4 unspecified atom stereocenters. The van der Waals surface area contributed by atoms with Crippen LogP contribution in [-0.2, 0) is 0 Å². The minimum Gasteiger partial charge on any atom is -0.423 e. The lowest BCUT2D eigenvalue weighted by atomic mass is 10.0. The third-order valence-electron chi connectivity index (χ3n) is 5.61. The van der Waals surface area contributed by atoms with Crippen LogP contribution in [0.4, 0.5) is 11.7 Å². The first kappa shape index (κ1) is 11.5. The molecular formula is C15H15N3O3. The summed E-state index contributed by atoms with van der Waals surface area (Å²) in [5, 5.41) is 14.2. The van der Waals surface area contributed by atoms with Crippen molar-refractivity contribution in [2.45, 2.75) is 25.3 Å². The fourth-order valence-corrected chi connectivity index (χ4v) is 4.75. The Morgan fingerprint density at radius 2 is 2.05 bits per heavy atom. The van der Waals surface area contributed by atoms with E-state index in [1.807, 2.05) is 0 Å². The molecule has 0 amide bonds. The third-order valence-corrected chi connectivity index (χ3v) is 5.61. The Hall–Kier alpha value is -2.11. The van der Waals surface area contributed by atoms with Crippen LogP contribution in [0.1, 0.15) is 19.3 Å². The highest BCUT2D eigenvalue weighted by molar-refractivity contribution is 5.77. The van der Waals surface area contributed by atoms with Gasteiger partial charge in [-0.3, -0.25) is 10.1 Å².